The van der Waals surface area contributed by atoms with Crippen LogP contribution in [0.2, 0.25) is 0 Å². The van der Waals surface area contributed by atoms with Crippen LogP contribution in [0.1, 0.15) is 82.9 Å². The fourth-order valence-corrected chi connectivity index (χ4v) is 11.0. The van der Waals surface area contributed by atoms with E-state index in [0.29, 0.717) is 90.1 Å². The van der Waals surface area contributed by atoms with Crippen LogP contribution in [-0.4, -0.2) is 145 Å². The molecule has 0 aliphatic carbocycles. The molecule has 0 aliphatic heterocycles. The Morgan fingerprint density at radius 3 is 0.364 bits per heavy atom. The molecule has 0 unspecified atom stereocenters. The van der Waals surface area contributed by atoms with Gasteiger partial charge in [0.15, 0.2) is 0 Å². The molecule has 0 fully saturated rings. The van der Waals surface area contributed by atoms with Crippen LogP contribution >= 0.6 is 0 Å². The number of ether oxygens (including phenoxy) is 8. The second-order valence-electron chi connectivity index (χ2n) is 25.6. The van der Waals surface area contributed by atoms with Gasteiger partial charge in [0.2, 0.25) is 0 Å². The maximum atomic E-state index is 11.3. The molecule has 0 saturated carbocycles. The first-order valence-corrected chi connectivity index (χ1v) is 39.5. The van der Waals surface area contributed by atoms with Gasteiger partial charge in [-0.05, 0) is 94.1 Å². The van der Waals surface area contributed by atoms with Gasteiger partial charge in [0, 0.05) is 49.6 Å². The van der Waals surface area contributed by atoms with Crippen LogP contribution in [0.3, 0.4) is 0 Å². The van der Waals surface area contributed by atoms with E-state index in [2.05, 4.69) is 126 Å². The van der Waals surface area contributed by atoms with Crippen LogP contribution in [0.15, 0.2) is 341 Å². The van der Waals surface area contributed by atoms with Gasteiger partial charge in [-0.3, -0.25) is 0 Å². The van der Waals surface area contributed by atoms with E-state index >= 15 is 0 Å². The number of rotatable bonds is 16. The van der Waals surface area contributed by atoms with E-state index in [4.69, 9.17) is 47.3 Å². The summed E-state index contributed by atoms with van der Waals surface area (Å²) in [7, 11) is 10.9. The minimum Gasteiger partial charge on any atom is -0.512 e. The molecule has 0 N–H and O–H groups in total. The molecule has 0 radical (unpaired) electrons. The van der Waals surface area contributed by atoms with Gasteiger partial charge in [-0.1, -0.05) is 48.5 Å². The smallest absolute Gasteiger partial charge is 0.512 e. The summed E-state index contributed by atoms with van der Waals surface area (Å²) in [6.07, 6.45) is 12.7. The molecule has 0 saturated heterocycles. The molecule has 16 rings (SSSR count). The number of esters is 8. The first kappa shape index (κ1) is 121. The fourth-order valence-electron chi connectivity index (χ4n) is 11.0. The summed E-state index contributed by atoms with van der Waals surface area (Å²) in [4.78, 5) is 124. The third-order valence-electron chi connectivity index (χ3n) is 17.3. The van der Waals surface area contributed by atoms with Crippen LogP contribution in [0.5, 0.6) is 0 Å². The van der Waals surface area contributed by atoms with E-state index in [1.165, 1.54) is 56.9 Å². The maximum absolute atomic E-state index is 11.3. The summed E-state index contributed by atoms with van der Waals surface area (Å²) in [5, 5.41) is 25.0. The molecule has 140 heavy (non-hydrogen) atoms. The van der Waals surface area contributed by atoms with E-state index < -0.39 is 0 Å². The predicted molar refractivity (Wildman–Crippen MR) is 499 cm³/mol. The number of aromatic nitrogens is 8. The predicted octanol–water partition coefficient (Wildman–Crippen LogP) is 19.1. The summed E-state index contributed by atoms with van der Waals surface area (Å²) >= 11 is 0. The van der Waals surface area contributed by atoms with E-state index in [0.717, 1.165) is 44.5 Å². The Hall–Kier alpha value is -16.7. The molecule has 0 aliphatic rings. The van der Waals surface area contributed by atoms with Gasteiger partial charge in [0.05, 0.1) is 101 Å². The van der Waals surface area contributed by atoms with Crippen LogP contribution in [0.4, 0.5) is 0 Å². The molecular weight excluding hydrogens is 2490 g/mol. The van der Waals surface area contributed by atoms with Crippen molar-refractivity contribution in [2.24, 2.45) is 0 Å². The zero-order valence-electron chi connectivity index (χ0n) is 75.6. The molecule has 0 bridgehead atoms. The number of pyridine rings is 8. The summed E-state index contributed by atoms with van der Waals surface area (Å²) < 4.78 is 37.2. The normalized spacial score (nSPS) is 9.03. The molecule has 32 heteroatoms. The first-order valence-electron chi connectivity index (χ1n) is 39.5. The standard InChI is InChI=1S/8C13H10NO2.4CN.4Ir/c8*1-16-13(15)11-7-8-14-12(9-11)10-5-3-2-4-6-10;4*1-2;;;;/h8*2-5,7-9H,1H3;;;;;;;;/q12*-1;4*+3. The van der Waals surface area contributed by atoms with E-state index in [-0.39, 0.29) is 128 Å². The van der Waals surface area contributed by atoms with Crippen molar-refractivity contribution in [2.75, 3.05) is 56.9 Å². The number of carbonyl (C=O) groups is 8. The number of carbonyl (C=O) groups excluding carboxylic acids is 8. The van der Waals surface area contributed by atoms with Crippen LogP contribution < -0.4 is 0 Å². The van der Waals surface area contributed by atoms with Gasteiger partial charge in [-0.25, -0.2) is 38.4 Å². The molecule has 8 heterocycles. The van der Waals surface area contributed by atoms with Crippen molar-refractivity contribution in [1.29, 1.82) is 21.0 Å². The van der Waals surface area contributed by atoms with Crippen LogP contribution in [0, 0.1) is 95.9 Å². The van der Waals surface area contributed by atoms with E-state index in [9.17, 15) is 38.4 Å². The van der Waals surface area contributed by atoms with Crippen molar-refractivity contribution in [2.45, 2.75) is 0 Å². The second kappa shape index (κ2) is 70.9. The summed E-state index contributed by atoms with van der Waals surface area (Å²) in [6, 6.07) is 111. The third kappa shape index (κ3) is 40.8. The Kier molecular flexibility index (Phi) is 61.4. The van der Waals surface area contributed by atoms with E-state index in [1.54, 1.807) is 147 Å². The van der Waals surface area contributed by atoms with Crippen molar-refractivity contribution < 1.29 is 157 Å². The van der Waals surface area contributed by atoms with Gasteiger partial charge >= 0.3 is 128 Å². The molecule has 8 aromatic heterocycles. The van der Waals surface area contributed by atoms with Gasteiger partial charge in [0.1, 0.15) is 0 Å². The Bertz CT molecular complexity index is 5330. The minimum absolute atomic E-state index is 0. The van der Waals surface area contributed by atoms with Gasteiger partial charge in [-0.15, -0.1) is 287 Å². The van der Waals surface area contributed by atoms with Crippen molar-refractivity contribution in [3.63, 3.8) is 0 Å². The summed E-state index contributed by atoms with van der Waals surface area (Å²) in [6.45, 7) is 19.0. The van der Waals surface area contributed by atoms with Crippen LogP contribution in [-0.2, 0) is 118 Å². The van der Waals surface area contributed by atoms with Crippen molar-refractivity contribution in [3.8, 4) is 90.1 Å². The zero-order chi connectivity index (χ0) is 99.0. The van der Waals surface area contributed by atoms with Gasteiger partial charge in [-0.2, -0.15) is 0 Å². The topological polar surface area (TPSA) is 409 Å². The molecule has 0 spiro atoms. The fraction of sp³-hybridized carbons (Fsp3) is 0.0741. The minimum atomic E-state index is -0.361. The first-order chi connectivity index (χ1) is 66.5. The Morgan fingerprint density at radius 2 is 0.286 bits per heavy atom. The molecule has 28 nitrogen and oxygen atoms in total. The summed E-state index contributed by atoms with van der Waals surface area (Å²) in [5.74, 6) is -2.89. The van der Waals surface area contributed by atoms with Gasteiger partial charge < -0.3 is 125 Å². The van der Waals surface area contributed by atoms with Crippen molar-refractivity contribution in [3.05, 3.63) is 460 Å². The molecule has 0 atom stereocenters. The summed E-state index contributed by atoms with van der Waals surface area (Å²) in [5.41, 5.74) is 16.5. The molecule has 16 aromatic rings. The quantitative estimate of drug-likeness (QED) is 0.0492. The Morgan fingerprint density at radius 1 is 0.186 bits per heavy atom. The molecule has 8 aromatic carbocycles. The third-order valence-corrected chi connectivity index (χ3v) is 17.3. The average molecular weight is 2570 g/mol. The number of benzene rings is 8. The SMILES string of the molecule is COC(=O)c1ccnc(-c2[c-]cccc2)c1.COC(=O)c1ccnc(-c2[c-]cccc2)c1.COC(=O)c1ccnc(-c2[c-]cccc2)c1.COC(=O)c1ccnc(-c2[c-]cccc2)c1.COC(=O)c1ccnc(-c2[c-]cccc2)c1.COC(=O)c1ccnc(-c2[c-]cccc2)c1.COC(=O)c1ccnc(-c2[c-]cccc2)c1.COC(=O)c1ccnc(-c2[c-]cccc2)c1.[C-]#N.[C-]#N.[C-]#N.[C-]#N.[Ir+3].[Ir+3].[Ir+3].[Ir+3]. The largest absolute Gasteiger partial charge is 3.00 e. The number of hydrogen-bond donors (Lipinski definition) is 0. The number of methoxy groups -OCH3 is 8. The van der Waals surface area contributed by atoms with Crippen LogP contribution in [0.25, 0.3) is 90.1 Å². The second-order valence-corrected chi connectivity index (χ2v) is 25.6. The maximum Gasteiger partial charge on any atom is 3.00 e. The van der Waals surface area contributed by atoms with Crippen molar-refractivity contribution in [1.82, 2.24) is 39.9 Å². The Balaban J connectivity index is 0.000000788. The average Bonchev–Trinajstić information content (AvgIpc) is 0.889. The Labute approximate surface area is 865 Å². The van der Waals surface area contributed by atoms with Gasteiger partial charge in [0.25, 0.3) is 0 Å². The van der Waals surface area contributed by atoms with Crippen molar-refractivity contribution >= 4 is 47.8 Å². The van der Waals surface area contributed by atoms with E-state index in [1.807, 2.05) is 194 Å². The zero-order valence-corrected chi connectivity index (χ0v) is 85.1. The monoisotopic (exact) mass is 2570 g/mol. The molecule has 0 amide bonds. The molecular formula is C108H80Ir4N12O16. The number of nitrogens with zero attached hydrogens (tertiary/aromatic N) is 12. The number of hydrogen-bond acceptors (Lipinski definition) is 28. The molecule has 704 valence electrons.